The van der Waals surface area contributed by atoms with Gasteiger partial charge in [0.05, 0.1) is 0 Å². The summed E-state index contributed by atoms with van der Waals surface area (Å²) in [7, 11) is 0. The topological polar surface area (TPSA) is 24.1 Å². The fraction of sp³-hybridized carbons (Fsp3) is 0.455. The second-order valence-electron chi connectivity index (χ2n) is 4.00. The molecule has 1 saturated heterocycles. The van der Waals surface area contributed by atoms with Crippen molar-refractivity contribution in [3.05, 3.63) is 35.1 Å². The van der Waals surface area contributed by atoms with E-state index in [9.17, 15) is 0 Å². The number of hydrogen-bond donors (Lipinski definition) is 3. The Kier molecular flexibility index (Phi) is 1.96. The van der Waals surface area contributed by atoms with E-state index in [2.05, 4.69) is 41.5 Å². The van der Waals surface area contributed by atoms with Crippen LogP contribution < -0.4 is 10.6 Å². The highest BCUT2D eigenvalue weighted by molar-refractivity contribution is 7.80. The zero-order valence-electron chi connectivity index (χ0n) is 7.96. The predicted octanol–water partition coefficient (Wildman–Crippen LogP) is 1.70. The van der Waals surface area contributed by atoms with E-state index >= 15 is 0 Å². The van der Waals surface area contributed by atoms with Crippen LogP contribution >= 0.6 is 12.6 Å². The average molecular weight is 206 g/mol. The second kappa shape index (κ2) is 3.17. The van der Waals surface area contributed by atoms with Gasteiger partial charge in [-0.3, -0.25) is 5.32 Å². The minimum Gasteiger partial charge on any atom is -0.361 e. The Bertz CT molecular complexity index is 354. The highest BCUT2D eigenvalue weighted by Crippen LogP contribution is 2.34. The van der Waals surface area contributed by atoms with Crippen molar-refractivity contribution in [2.45, 2.75) is 30.8 Å². The van der Waals surface area contributed by atoms with Gasteiger partial charge in [0.15, 0.2) is 0 Å². The lowest BCUT2D eigenvalue weighted by atomic mass is 9.84. The Labute approximate surface area is 89.6 Å². The Morgan fingerprint density at radius 3 is 3.29 bits per heavy atom. The number of allylic oxidation sites excluding steroid dienone is 3. The van der Waals surface area contributed by atoms with Crippen LogP contribution in [0.1, 0.15) is 19.3 Å². The predicted molar refractivity (Wildman–Crippen MR) is 60.9 cm³/mol. The molecular formula is C11H14N2S. The van der Waals surface area contributed by atoms with Gasteiger partial charge in [-0.25, -0.2) is 0 Å². The highest BCUT2D eigenvalue weighted by Gasteiger charge is 2.30. The van der Waals surface area contributed by atoms with Crippen molar-refractivity contribution in [3.8, 4) is 0 Å². The molecule has 2 aliphatic carbocycles. The molecule has 1 heterocycles. The van der Waals surface area contributed by atoms with Gasteiger partial charge >= 0.3 is 0 Å². The molecule has 2 atom stereocenters. The van der Waals surface area contributed by atoms with Crippen LogP contribution in [-0.2, 0) is 0 Å². The summed E-state index contributed by atoms with van der Waals surface area (Å²) in [5, 5.41) is 6.82. The molecule has 1 fully saturated rings. The van der Waals surface area contributed by atoms with E-state index in [0.717, 1.165) is 12.8 Å². The van der Waals surface area contributed by atoms with Gasteiger partial charge in [-0.2, -0.15) is 0 Å². The van der Waals surface area contributed by atoms with E-state index in [1.165, 1.54) is 23.3 Å². The summed E-state index contributed by atoms with van der Waals surface area (Å²) in [6.45, 7) is 0. The quantitative estimate of drug-likeness (QED) is 0.525. The van der Waals surface area contributed by atoms with Crippen LogP contribution in [0.25, 0.3) is 0 Å². The van der Waals surface area contributed by atoms with Crippen LogP contribution in [0.5, 0.6) is 0 Å². The fourth-order valence-corrected chi connectivity index (χ4v) is 2.83. The number of nitrogens with one attached hydrogen (secondary N) is 2. The van der Waals surface area contributed by atoms with E-state index in [1.54, 1.807) is 0 Å². The van der Waals surface area contributed by atoms with E-state index in [0.29, 0.717) is 6.04 Å². The highest BCUT2D eigenvalue weighted by atomic mass is 32.1. The first-order valence-electron chi connectivity index (χ1n) is 5.15. The monoisotopic (exact) mass is 206 g/mol. The zero-order valence-corrected chi connectivity index (χ0v) is 8.85. The molecule has 0 aromatic rings. The first-order valence-corrected chi connectivity index (χ1v) is 5.67. The largest absolute Gasteiger partial charge is 0.361 e. The normalized spacial score (nSPS) is 34.8. The summed E-state index contributed by atoms with van der Waals surface area (Å²) in [4.78, 5) is 0. The summed E-state index contributed by atoms with van der Waals surface area (Å²) in [6, 6.07) is 0.477. The zero-order chi connectivity index (χ0) is 9.54. The van der Waals surface area contributed by atoms with Gasteiger partial charge < -0.3 is 5.32 Å². The van der Waals surface area contributed by atoms with Crippen molar-refractivity contribution >= 4 is 12.6 Å². The first-order chi connectivity index (χ1) is 6.84. The van der Waals surface area contributed by atoms with E-state index in [4.69, 9.17) is 0 Å². The van der Waals surface area contributed by atoms with Crippen LogP contribution in [0.4, 0.5) is 0 Å². The molecule has 0 spiro atoms. The van der Waals surface area contributed by atoms with E-state index < -0.39 is 0 Å². The van der Waals surface area contributed by atoms with Crippen LogP contribution in [0, 0.1) is 0 Å². The number of hydrogen-bond acceptors (Lipinski definition) is 3. The van der Waals surface area contributed by atoms with Gasteiger partial charge in [0.25, 0.3) is 0 Å². The molecule has 0 radical (unpaired) electrons. The Morgan fingerprint density at radius 2 is 2.36 bits per heavy atom. The van der Waals surface area contributed by atoms with Gasteiger partial charge in [-0.1, -0.05) is 18.2 Å². The molecule has 14 heavy (non-hydrogen) atoms. The van der Waals surface area contributed by atoms with Gasteiger partial charge in [-0.15, -0.1) is 12.6 Å². The van der Waals surface area contributed by atoms with Crippen LogP contribution in [0.15, 0.2) is 35.1 Å². The second-order valence-corrected chi connectivity index (χ2v) is 4.52. The van der Waals surface area contributed by atoms with Crippen molar-refractivity contribution in [2.24, 2.45) is 0 Å². The van der Waals surface area contributed by atoms with Gasteiger partial charge in [-0.05, 0) is 30.4 Å². The summed E-state index contributed by atoms with van der Waals surface area (Å²) >= 11 is 4.44. The number of rotatable bonds is 0. The molecule has 0 aromatic carbocycles. The van der Waals surface area contributed by atoms with E-state index in [-0.39, 0.29) is 5.50 Å². The molecule has 0 saturated carbocycles. The van der Waals surface area contributed by atoms with Crippen molar-refractivity contribution in [1.29, 1.82) is 0 Å². The molecule has 3 rings (SSSR count). The maximum Gasteiger partial charge on any atom is 0.123 e. The van der Waals surface area contributed by atoms with Gasteiger partial charge in [0.1, 0.15) is 5.50 Å². The van der Waals surface area contributed by atoms with Crippen LogP contribution in [0.3, 0.4) is 0 Å². The maximum atomic E-state index is 4.44. The van der Waals surface area contributed by atoms with E-state index in [1.807, 2.05) is 0 Å². The average Bonchev–Trinajstić information content (AvgIpc) is 2.18. The molecule has 1 aliphatic heterocycles. The first kappa shape index (κ1) is 8.62. The lowest BCUT2D eigenvalue weighted by molar-refractivity contribution is 0.466. The minimum atomic E-state index is 0.0980. The van der Waals surface area contributed by atoms with Crippen molar-refractivity contribution in [2.75, 3.05) is 0 Å². The molecule has 0 amide bonds. The third-order valence-corrected chi connectivity index (χ3v) is 3.37. The summed E-state index contributed by atoms with van der Waals surface area (Å²) < 4.78 is 0. The minimum absolute atomic E-state index is 0.0980. The summed E-state index contributed by atoms with van der Waals surface area (Å²) in [5.74, 6) is 0. The molecular weight excluding hydrogens is 192 g/mol. The molecule has 2 N–H and O–H groups in total. The standard InChI is InChI=1S/C11H14N2S/c14-11-12-8-5-1-3-7-4-2-6-9(13-11)10(7)8/h1,3,6,8,11-14H,2,4-5H2. The Balaban J connectivity index is 2.05. The molecule has 0 aromatic heterocycles. The van der Waals surface area contributed by atoms with Gasteiger partial charge in [0, 0.05) is 11.7 Å². The molecule has 2 unspecified atom stereocenters. The summed E-state index contributed by atoms with van der Waals surface area (Å²) in [5.41, 5.74) is 4.38. The Hall–Kier alpha value is -0.670. The lowest BCUT2D eigenvalue weighted by Crippen LogP contribution is -2.52. The van der Waals surface area contributed by atoms with Crippen LogP contribution in [0.2, 0.25) is 0 Å². The summed E-state index contributed by atoms with van der Waals surface area (Å²) in [6.07, 6.45) is 10.3. The molecule has 3 aliphatic rings. The molecule has 3 heteroatoms. The maximum absolute atomic E-state index is 4.44. The Morgan fingerprint density at radius 1 is 1.43 bits per heavy atom. The van der Waals surface area contributed by atoms with Crippen molar-refractivity contribution in [3.63, 3.8) is 0 Å². The molecule has 0 bridgehead atoms. The van der Waals surface area contributed by atoms with Crippen molar-refractivity contribution < 1.29 is 0 Å². The lowest BCUT2D eigenvalue weighted by Gasteiger charge is -2.38. The third-order valence-electron chi connectivity index (χ3n) is 3.09. The smallest absolute Gasteiger partial charge is 0.123 e. The van der Waals surface area contributed by atoms with Gasteiger partial charge in [0.2, 0.25) is 0 Å². The number of thiol groups is 1. The molecule has 74 valence electrons. The SMILES string of the molecule is SC1NC2=CCCC3=C2C(CC=C3)N1. The third kappa shape index (κ3) is 1.23. The molecule has 2 nitrogen and oxygen atoms in total. The van der Waals surface area contributed by atoms with Crippen LogP contribution in [-0.4, -0.2) is 11.5 Å². The fourth-order valence-electron chi connectivity index (χ4n) is 2.51. The van der Waals surface area contributed by atoms with Crippen molar-refractivity contribution in [1.82, 2.24) is 10.6 Å².